The molecule has 316 valence electrons. The summed E-state index contributed by atoms with van der Waals surface area (Å²) in [5, 5.41) is 7.47. The monoisotopic (exact) mass is 854 g/mol. The number of aryl methyl sites for hydroxylation is 2. The van der Waals surface area contributed by atoms with Crippen molar-refractivity contribution in [2.75, 3.05) is 4.90 Å². The maximum atomic E-state index is 2.55. The van der Waals surface area contributed by atoms with Crippen LogP contribution in [0.1, 0.15) is 33.4 Å². The predicted octanol–water partition coefficient (Wildman–Crippen LogP) is 17.2. The fourth-order valence-electron chi connectivity index (χ4n) is 11.4. The van der Waals surface area contributed by atoms with Crippen molar-refractivity contribution in [2.45, 2.75) is 19.3 Å². The smallest absolute Gasteiger partial charge is 0.0714 e. The molecule has 67 heavy (non-hydrogen) atoms. The Bertz CT molecular complexity index is 3780. The van der Waals surface area contributed by atoms with Gasteiger partial charge in [-0.3, -0.25) is 0 Å². The van der Waals surface area contributed by atoms with Gasteiger partial charge in [0.25, 0.3) is 0 Å². The van der Waals surface area contributed by atoms with Crippen LogP contribution in [-0.4, -0.2) is 4.57 Å². The lowest BCUT2D eigenvalue weighted by molar-refractivity contribution is 0.767. The molecule has 0 atom stereocenters. The minimum Gasteiger partial charge on any atom is -0.310 e. The molecule has 0 saturated heterocycles. The highest BCUT2D eigenvalue weighted by Gasteiger charge is 2.46. The summed E-state index contributed by atoms with van der Waals surface area (Å²) in [5.41, 5.74) is 18.8. The van der Waals surface area contributed by atoms with Crippen molar-refractivity contribution >= 4 is 60.4 Å². The summed E-state index contributed by atoms with van der Waals surface area (Å²) in [7, 11) is 0. The molecule has 0 N–H and O–H groups in total. The molecule has 1 heterocycles. The first-order valence-electron chi connectivity index (χ1n) is 23.3. The number of rotatable bonds is 7. The fourth-order valence-corrected chi connectivity index (χ4v) is 11.4. The molecule has 0 saturated carbocycles. The van der Waals surface area contributed by atoms with E-state index in [1.54, 1.807) is 0 Å². The molecular formula is C65H46N2. The van der Waals surface area contributed by atoms with Gasteiger partial charge in [0.1, 0.15) is 0 Å². The second-order valence-electron chi connectivity index (χ2n) is 18.2. The first-order valence-corrected chi connectivity index (χ1v) is 23.3. The number of aromatic nitrogens is 1. The molecule has 1 aliphatic rings. The van der Waals surface area contributed by atoms with Crippen LogP contribution in [0.2, 0.25) is 0 Å². The molecule has 2 nitrogen and oxygen atoms in total. The second-order valence-corrected chi connectivity index (χ2v) is 18.2. The van der Waals surface area contributed by atoms with E-state index in [4.69, 9.17) is 0 Å². The van der Waals surface area contributed by atoms with Gasteiger partial charge < -0.3 is 9.47 Å². The maximum Gasteiger partial charge on any atom is 0.0714 e. The van der Waals surface area contributed by atoms with E-state index in [0.717, 1.165) is 22.7 Å². The molecule has 13 rings (SSSR count). The van der Waals surface area contributed by atoms with E-state index in [9.17, 15) is 0 Å². The lowest BCUT2D eigenvalue weighted by Gasteiger charge is -2.34. The number of para-hydroxylation sites is 1. The Balaban J connectivity index is 1.14. The average Bonchev–Trinajstić information content (AvgIpc) is 3.89. The summed E-state index contributed by atoms with van der Waals surface area (Å²) in [6.07, 6.45) is 0. The second kappa shape index (κ2) is 15.3. The number of benzene rings is 11. The molecular weight excluding hydrogens is 809 g/mol. The Labute approximate surface area is 391 Å². The van der Waals surface area contributed by atoms with Gasteiger partial charge >= 0.3 is 0 Å². The highest BCUT2D eigenvalue weighted by molar-refractivity contribution is 6.30. The number of anilines is 3. The average molecular weight is 855 g/mol. The normalized spacial score (nSPS) is 12.7. The third-order valence-corrected chi connectivity index (χ3v) is 14.4. The van der Waals surface area contributed by atoms with Gasteiger partial charge in [0.2, 0.25) is 0 Å². The van der Waals surface area contributed by atoms with Crippen LogP contribution in [0.4, 0.5) is 17.1 Å². The fraction of sp³-hybridized carbons (Fsp3) is 0.0462. The van der Waals surface area contributed by atoms with Crippen LogP contribution >= 0.6 is 0 Å². The third-order valence-electron chi connectivity index (χ3n) is 14.4. The van der Waals surface area contributed by atoms with E-state index in [2.05, 4.69) is 266 Å². The summed E-state index contributed by atoms with van der Waals surface area (Å²) in [6.45, 7) is 4.31. The van der Waals surface area contributed by atoms with E-state index < -0.39 is 5.41 Å². The highest BCUT2D eigenvalue weighted by Crippen LogP contribution is 2.57. The van der Waals surface area contributed by atoms with Gasteiger partial charge in [0.05, 0.1) is 22.1 Å². The number of nitrogens with zero attached hydrogens (tertiary/aromatic N) is 2. The van der Waals surface area contributed by atoms with Crippen LogP contribution in [0.5, 0.6) is 0 Å². The predicted molar refractivity (Wildman–Crippen MR) is 283 cm³/mol. The van der Waals surface area contributed by atoms with Gasteiger partial charge in [-0.1, -0.05) is 199 Å². The Morgan fingerprint density at radius 1 is 0.358 bits per heavy atom. The van der Waals surface area contributed by atoms with E-state index in [1.807, 2.05) is 0 Å². The first-order chi connectivity index (χ1) is 33.1. The van der Waals surface area contributed by atoms with Crippen molar-refractivity contribution in [2.24, 2.45) is 0 Å². The molecule has 1 aromatic heterocycles. The van der Waals surface area contributed by atoms with Gasteiger partial charge in [-0.15, -0.1) is 0 Å². The minimum absolute atomic E-state index is 0.526. The van der Waals surface area contributed by atoms with Gasteiger partial charge in [-0.05, 0) is 129 Å². The summed E-state index contributed by atoms with van der Waals surface area (Å²) >= 11 is 0. The zero-order chi connectivity index (χ0) is 44.6. The van der Waals surface area contributed by atoms with E-state index in [1.165, 1.54) is 99.0 Å². The van der Waals surface area contributed by atoms with Crippen LogP contribution in [-0.2, 0) is 5.41 Å². The minimum atomic E-state index is -0.526. The molecule has 2 heteroatoms. The standard InChI is InChI=1S/C65H46N2/c1-43-29-34-48(35-30-43)66(49-36-31-44(2)32-37-49)60-28-16-14-25-55(60)57-42-62-64(56-26-12-11-23-52(56)57)63-51-22-10-9-17-45(51)33-40-61(63)67(62)50-38-39-54-53-24-13-15-27-58(53)65(59(54)41-50,46-18-5-3-6-19-46)47-20-7-4-8-21-47/h3-42H,1-2H3. The summed E-state index contributed by atoms with van der Waals surface area (Å²) in [6, 6.07) is 90.4. The van der Waals surface area contributed by atoms with E-state index >= 15 is 0 Å². The summed E-state index contributed by atoms with van der Waals surface area (Å²) in [4.78, 5) is 2.42. The summed E-state index contributed by atoms with van der Waals surface area (Å²) < 4.78 is 2.55. The summed E-state index contributed by atoms with van der Waals surface area (Å²) in [5.74, 6) is 0. The highest BCUT2D eigenvalue weighted by atomic mass is 15.1. The zero-order valence-electron chi connectivity index (χ0n) is 37.5. The van der Waals surface area contributed by atoms with Gasteiger partial charge in [-0.2, -0.15) is 0 Å². The molecule has 0 bridgehead atoms. The lowest BCUT2D eigenvalue weighted by Crippen LogP contribution is -2.28. The molecule has 0 aliphatic heterocycles. The number of hydrogen-bond acceptors (Lipinski definition) is 1. The molecule has 0 spiro atoms. The molecule has 0 unspecified atom stereocenters. The van der Waals surface area contributed by atoms with Gasteiger partial charge in [0, 0.05) is 33.4 Å². The molecule has 0 amide bonds. The van der Waals surface area contributed by atoms with Crippen LogP contribution in [0.3, 0.4) is 0 Å². The SMILES string of the molecule is Cc1ccc(N(c2ccc(C)cc2)c2ccccc2-c2cc3c(c4ccccc24)c2c4ccccc4ccc2n3-c2ccc3c(c2)C(c2ccccc2)(c2ccccc2)c2ccccc2-3)cc1. The van der Waals surface area contributed by atoms with Gasteiger partial charge in [-0.25, -0.2) is 0 Å². The van der Waals surface area contributed by atoms with Crippen LogP contribution in [0, 0.1) is 13.8 Å². The van der Waals surface area contributed by atoms with Gasteiger partial charge in [0.15, 0.2) is 0 Å². The Hall–Kier alpha value is -8.46. The zero-order valence-corrected chi connectivity index (χ0v) is 37.5. The molecule has 12 aromatic rings. The van der Waals surface area contributed by atoms with Crippen molar-refractivity contribution in [1.29, 1.82) is 0 Å². The first kappa shape index (κ1) is 39.0. The topological polar surface area (TPSA) is 8.17 Å². The Morgan fingerprint density at radius 2 is 0.896 bits per heavy atom. The Morgan fingerprint density at radius 3 is 1.58 bits per heavy atom. The Kier molecular flexibility index (Phi) is 8.91. The quantitative estimate of drug-likeness (QED) is 0.155. The van der Waals surface area contributed by atoms with Crippen molar-refractivity contribution in [3.8, 4) is 27.9 Å². The van der Waals surface area contributed by atoms with Crippen LogP contribution < -0.4 is 4.90 Å². The third kappa shape index (κ3) is 5.89. The van der Waals surface area contributed by atoms with Crippen molar-refractivity contribution in [3.63, 3.8) is 0 Å². The molecule has 0 fully saturated rings. The van der Waals surface area contributed by atoms with Crippen molar-refractivity contribution in [3.05, 3.63) is 276 Å². The van der Waals surface area contributed by atoms with Crippen molar-refractivity contribution in [1.82, 2.24) is 4.57 Å². The molecule has 0 radical (unpaired) electrons. The van der Waals surface area contributed by atoms with E-state index in [-0.39, 0.29) is 0 Å². The number of hydrogen-bond donors (Lipinski definition) is 0. The number of fused-ring (bicyclic) bond motifs is 10. The molecule has 1 aliphatic carbocycles. The molecule has 11 aromatic carbocycles. The largest absolute Gasteiger partial charge is 0.310 e. The van der Waals surface area contributed by atoms with Crippen LogP contribution in [0.25, 0.3) is 71.3 Å². The van der Waals surface area contributed by atoms with E-state index in [0.29, 0.717) is 0 Å². The van der Waals surface area contributed by atoms with Crippen molar-refractivity contribution < 1.29 is 0 Å². The maximum absolute atomic E-state index is 2.55. The van der Waals surface area contributed by atoms with Crippen LogP contribution in [0.15, 0.2) is 243 Å². The lowest BCUT2D eigenvalue weighted by atomic mass is 9.67.